The molecule has 2 aromatic rings. The molecule has 0 spiro atoms. The van der Waals surface area contributed by atoms with Crippen molar-refractivity contribution in [1.29, 1.82) is 0 Å². The molecule has 0 unspecified atom stereocenters. The lowest BCUT2D eigenvalue weighted by Gasteiger charge is -2.11. The Morgan fingerprint density at radius 1 is 1.47 bits per heavy atom. The minimum Gasteiger partial charge on any atom is -0.377 e. The van der Waals surface area contributed by atoms with Gasteiger partial charge in [-0.2, -0.15) is 0 Å². The quantitative estimate of drug-likeness (QED) is 0.662. The molecule has 0 amide bonds. The summed E-state index contributed by atoms with van der Waals surface area (Å²) >= 11 is 0. The number of fused-ring (bicyclic) bond motifs is 1. The van der Waals surface area contributed by atoms with Crippen molar-refractivity contribution in [3.63, 3.8) is 0 Å². The van der Waals surface area contributed by atoms with Crippen LogP contribution in [0.5, 0.6) is 0 Å². The molecule has 3 rings (SSSR count). The largest absolute Gasteiger partial charge is 0.377 e. The third-order valence-electron chi connectivity index (χ3n) is 3.13. The Morgan fingerprint density at radius 3 is 3.11 bits per heavy atom. The second kappa shape index (κ2) is 4.81. The van der Waals surface area contributed by atoms with Crippen LogP contribution in [-0.2, 0) is 4.74 Å². The predicted molar refractivity (Wildman–Crippen MR) is 65.9 cm³/mol. The van der Waals surface area contributed by atoms with Gasteiger partial charge in [0.1, 0.15) is 11.2 Å². The minimum absolute atomic E-state index is 0.103. The SMILES string of the molecule is O=[N+]([O-])c1c(NC[C@H]2CCCO2)ccc2nonc12. The fourth-order valence-corrected chi connectivity index (χ4v) is 2.19. The van der Waals surface area contributed by atoms with E-state index in [1.807, 2.05) is 0 Å². The molecule has 0 aliphatic carbocycles. The van der Waals surface area contributed by atoms with Crippen LogP contribution in [0.2, 0.25) is 0 Å². The molecule has 1 aromatic heterocycles. The monoisotopic (exact) mass is 264 g/mol. The van der Waals surface area contributed by atoms with Crippen LogP contribution < -0.4 is 5.32 Å². The normalized spacial score (nSPS) is 18.8. The van der Waals surface area contributed by atoms with Crippen LogP contribution in [-0.4, -0.2) is 34.5 Å². The summed E-state index contributed by atoms with van der Waals surface area (Å²) < 4.78 is 10.0. The number of benzene rings is 1. The fraction of sp³-hybridized carbons (Fsp3) is 0.455. The van der Waals surface area contributed by atoms with E-state index in [9.17, 15) is 10.1 Å². The van der Waals surface area contributed by atoms with E-state index in [1.165, 1.54) is 0 Å². The van der Waals surface area contributed by atoms with Crippen molar-refractivity contribution in [3.05, 3.63) is 22.2 Å². The fourth-order valence-electron chi connectivity index (χ4n) is 2.19. The molecule has 0 bridgehead atoms. The van der Waals surface area contributed by atoms with Crippen LogP contribution in [0.15, 0.2) is 16.8 Å². The zero-order valence-electron chi connectivity index (χ0n) is 10.0. The first-order valence-electron chi connectivity index (χ1n) is 6.01. The summed E-state index contributed by atoms with van der Waals surface area (Å²) in [6.45, 7) is 1.29. The van der Waals surface area contributed by atoms with E-state index in [0.717, 1.165) is 19.4 Å². The van der Waals surface area contributed by atoms with Crippen molar-refractivity contribution in [2.45, 2.75) is 18.9 Å². The van der Waals surface area contributed by atoms with Crippen molar-refractivity contribution in [2.75, 3.05) is 18.5 Å². The molecule has 100 valence electrons. The smallest absolute Gasteiger partial charge is 0.323 e. The summed E-state index contributed by atoms with van der Waals surface area (Å²) in [4.78, 5) is 10.7. The highest BCUT2D eigenvalue weighted by atomic mass is 16.6. The van der Waals surface area contributed by atoms with Gasteiger partial charge < -0.3 is 10.1 Å². The molecule has 2 heterocycles. The molecule has 8 nitrogen and oxygen atoms in total. The van der Waals surface area contributed by atoms with Crippen LogP contribution in [0.3, 0.4) is 0 Å². The Bertz CT molecular complexity index is 606. The molecule has 1 saturated heterocycles. The molecule has 0 radical (unpaired) electrons. The number of hydrogen-bond acceptors (Lipinski definition) is 7. The zero-order valence-corrected chi connectivity index (χ0v) is 10.0. The van der Waals surface area contributed by atoms with E-state index in [1.54, 1.807) is 12.1 Å². The van der Waals surface area contributed by atoms with E-state index in [-0.39, 0.29) is 17.3 Å². The van der Waals surface area contributed by atoms with Gasteiger partial charge >= 0.3 is 5.69 Å². The lowest BCUT2D eigenvalue weighted by Crippen LogP contribution is -2.18. The molecule has 1 N–H and O–H groups in total. The van der Waals surface area contributed by atoms with Crippen LogP contribution >= 0.6 is 0 Å². The number of hydrogen-bond donors (Lipinski definition) is 1. The maximum atomic E-state index is 11.2. The minimum atomic E-state index is -0.482. The van der Waals surface area contributed by atoms with Gasteiger partial charge in [-0.15, -0.1) is 0 Å². The van der Waals surface area contributed by atoms with Crippen molar-refractivity contribution in [1.82, 2.24) is 10.3 Å². The number of rotatable bonds is 4. The van der Waals surface area contributed by atoms with Gasteiger partial charge in [0.05, 0.1) is 11.0 Å². The second-order valence-electron chi connectivity index (χ2n) is 4.37. The number of nitro benzene ring substituents is 1. The van der Waals surface area contributed by atoms with E-state index in [4.69, 9.17) is 4.74 Å². The predicted octanol–water partition coefficient (Wildman–Crippen LogP) is 1.72. The Morgan fingerprint density at radius 2 is 2.37 bits per heavy atom. The molecule has 19 heavy (non-hydrogen) atoms. The number of aromatic nitrogens is 2. The molecular formula is C11H12N4O4. The lowest BCUT2D eigenvalue weighted by atomic mass is 10.2. The number of nitro groups is 1. The van der Waals surface area contributed by atoms with E-state index in [2.05, 4.69) is 20.3 Å². The molecule has 1 atom stereocenters. The van der Waals surface area contributed by atoms with E-state index < -0.39 is 4.92 Å². The molecule has 1 fully saturated rings. The van der Waals surface area contributed by atoms with E-state index in [0.29, 0.717) is 17.7 Å². The van der Waals surface area contributed by atoms with Crippen LogP contribution in [0, 0.1) is 10.1 Å². The standard InChI is InChI=1S/C11H12N4O4/c16-15(17)11-9(12-6-7-2-1-5-18-7)4-3-8-10(11)14-19-13-8/h3-4,7,12H,1-2,5-6H2/t7-/m1/s1. The summed E-state index contributed by atoms with van der Waals surface area (Å²) in [5.74, 6) is 0. The van der Waals surface area contributed by atoms with Gasteiger partial charge in [-0.3, -0.25) is 10.1 Å². The first kappa shape index (κ1) is 11.8. The zero-order chi connectivity index (χ0) is 13.2. The molecular weight excluding hydrogens is 252 g/mol. The molecule has 1 aromatic carbocycles. The highest BCUT2D eigenvalue weighted by molar-refractivity contribution is 5.90. The first-order chi connectivity index (χ1) is 9.25. The number of nitrogens with zero attached hydrogens (tertiary/aromatic N) is 3. The van der Waals surface area contributed by atoms with Gasteiger partial charge in [-0.1, -0.05) is 0 Å². The number of anilines is 1. The molecule has 8 heteroatoms. The van der Waals surface area contributed by atoms with Gasteiger partial charge in [-0.05, 0) is 35.3 Å². The Balaban J connectivity index is 1.88. The van der Waals surface area contributed by atoms with Gasteiger partial charge in [0, 0.05) is 13.2 Å². The van der Waals surface area contributed by atoms with Gasteiger partial charge in [-0.25, -0.2) is 4.63 Å². The average molecular weight is 264 g/mol. The van der Waals surface area contributed by atoms with Crippen molar-refractivity contribution in [2.24, 2.45) is 0 Å². The lowest BCUT2D eigenvalue weighted by molar-refractivity contribution is -0.382. The van der Waals surface area contributed by atoms with Crippen molar-refractivity contribution < 1.29 is 14.3 Å². The van der Waals surface area contributed by atoms with Gasteiger partial charge in [0.25, 0.3) is 0 Å². The third kappa shape index (κ3) is 2.22. The number of ether oxygens (including phenoxy) is 1. The summed E-state index contributed by atoms with van der Waals surface area (Å²) in [5, 5.41) is 21.4. The van der Waals surface area contributed by atoms with Gasteiger partial charge in [0.15, 0.2) is 0 Å². The molecule has 0 saturated carbocycles. The van der Waals surface area contributed by atoms with Gasteiger partial charge in [0.2, 0.25) is 5.52 Å². The summed E-state index contributed by atoms with van der Waals surface area (Å²) in [6, 6.07) is 3.25. The highest BCUT2D eigenvalue weighted by Gasteiger charge is 2.23. The number of nitrogens with one attached hydrogen (secondary N) is 1. The molecule has 1 aliphatic rings. The van der Waals surface area contributed by atoms with Crippen LogP contribution in [0.1, 0.15) is 12.8 Å². The van der Waals surface area contributed by atoms with E-state index >= 15 is 0 Å². The summed E-state index contributed by atoms with van der Waals surface area (Å²) in [6.07, 6.45) is 2.10. The van der Waals surface area contributed by atoms with Crippen LogP contribution in [0.4, 0.5) is 11.4 Å². The highest BCUT2D eigenvalue weighted by Crippen LogP contribution is 2.31. The first-order valence-corrected chi connectivity index (χ1v) is 6.01. The Kier molecular flexibility index (Phi) is 3.00. The second-order valence-corrected chi connectivity index (χ2v) is 4.37. The summed E-state index contributed by atoms with van der Waals surface area (Å²) in [7, 11) is 0. The van der Waals surface area contributed by atoms with Crippen molar-refractivity contribution >= 4 is 22.4 Å². The average Bonchev–Trinajstić information content (AvgIpc) is 3.06. The summed E-state index contributed by atoms with van der Waals surface area (Å²) in [5.41, 5.74) is 0.817. The Hall–Kier alpha value is -2.22. The van der Waals surface area contributed by atoms with Crippen molar-refractivity contribution in [3.8, 4) is 0 Å². The topological polar surface area (TPSA) is 103 Å². The molecule has 1 aliphatic heterocycles. The maximum absolute atomic E-state index is 11.2. The van der Waals surface area contributed by atoms with Crippen LogP contribution in [0.25, 0.3) is 11.0 Å². The third-order valence-corrected chi connectivity index (χ3v) is 3.13. The Labute approximate surface area is 107 Å². The maximum Gasteiger partial charge on any atom is 0.323 e.